The van der Waals surface area contributed by atoms with Gasteiger partial charge in [0.1, 0.15) is 0 Å². The molecular weight excluding hydrogens is 255 g/mol. The summed E-state index contributed by atoms with van der Waals surface area (Å²) >= 11 is 0. The Balaban J connectivity index is 1.83. The highest BCUT2D eigenvalue weighted by Crippen LogP contribution is 2.46. The summed E-state index contributed by atoms with van der Waals surface area (Å²) in [5, 5.41) is 2.55. The van der Waals surface area contributed by atoms with Gasteiger partial charge in [-0.3, -0.25) is 4.79 Å². The molecule has 19 heavy (non-hydrogen) atoms. The van der Waals surface area contributed by atoms with Crippen molar-refractivity contribution >= 4 is 5.91 Å². The van der Waals surface area contributed by atoms with E-state index in [1.165, 1.54) is 0 Å². The normalized spacial score (nSPS) is 17.0. The minimum Gasteiger partial charge on any atom is -0.352 e. The number of hydrogen-bond donors (Lipinski definition) is 1. The molecule has 0 heterocycles. The molecule has 1 N–H and O–H groups in total. The molecule has 0 aliphatic heterocycles. The zero-order valence-electron chi connectivity index (χ0n) is 10.4. The molecule has 1 atom stereocenters. The Morgan fingerprint density at radius 3 is 2.42 bits per heavy atom. The number of nitrogens with one attached hydrogen (secondary N) is 1. The number of alkyl halides is 3. The van der Waals surface area contributed by atoms with Crippen LogP contribution in [0.15, 0.2) is 30.3 Å². The predicted octanol–water partition coefficient (Wildman–Crippen LogP) is 3.28. The molecule has 0 radical (unpaired) electrons. The molecule has 0 bridgehead atoms. The molecule has 5 heteroatoms. The first-order valence-electron chi connectivity index (χ1n) is 6.34. The fourth-order valence-electron chi connectivity index (χ4n) is 2.12. The van der Waals surface area contributed by atoms with Gasteiger partial charge in [0.05, 0.1) is 5.92 Å². The Hall–Kier alpha value is -1.52. The van der Waals surface area contributed by atoms with E-state index in [2.05, 4.69) is 5.32 Å². The van der Waals surface area contributed by atoms with Crippen LogP contribution in [0.1, 0.15) is 24.8 Å². The van der Waals surface area contributed by atoms with Gasteiger partial charge >= 0.3 is 6.18 Å². The van der Waals surface area contributed by atoms with E-state index in [4.69, 9.17) is 0 Å². The van der Waals surface area contributed by atoms with Crippen LogP contribution in [-0.2, 0) is 11.3 Å². The summed E-state index contributed by atoms with van der Waals surface area (Å²) in [4.78, 5) is 11.6. The zero-order chi connectivity index (χ0) is 13.9. The Kier molecular flexibility index (Phi) is 4.12. The van der Waals surface area contributed by atoms with E-state index in [0.717, 1.165) is 5.56 Å². The van der Waals surface area contributed by atoms with Crippen molar-refractivity contribution in [1.29, 1.82) is 0 Å². The molecule has 2 nitrogen and oxygen atoms in total. The Labute approximate surface area is 110 Å². The average molecular weight is 271 g/mol. The maximum atomic E-state index is 12.8. The third-order valence-electron chi connectivity index (χ3n) is 3.35. The van der Waals surface area contributed by atoms with Gasteiger partial charge in [0.2, 0.25) is 5.91 Å². The molecule has 1 unspecified atom stereocenters. The molecule has 1 aliphatic carbocycles. The van der Waals surface area contributed by atoms with E-state index < -0.39 is 24.4 Å². The summed E-state index contributed by atoms with van der Waals surface area (Å²) in [6.45, 7) is 0.273. The summed E-state index contributed by atoms with van der Waals surface area (Å²) in [5.41, 5.74) is 0.880. The number of rotatable bonds is 5. The smallest absolute Gasteiger partial charge is 0.352 e. The number of benzene rings is 1. The monoisotopic (exact) mass is 271 g/mol. The van der Waals surface area contributed by atoms with E-state index in [0.29, 0.717) is 12.8 Å². The highest BCUT2D eigenvalue weighted by Gasteiger charge is 2.49. The summed E-state index contributed by atoms with van der Waals surface area (Å²) in [5.74, 6) is -2.37. The highest BCUT2D eigenvalue weighted by atomic mass is 19.4. The molecule has 1 aromatic carbocycles. The molecule has 0 saturated heterocycles. The second-order valence-electron chi connectivity index (χ2n) is 4.95. The predicted molar refractivity (Wildman–Crippen MR) is 65.2 cm³/mol. The second-order valence-corrected chi connectivity index (χ2v) is 4.95. The van der Waals surface area contributed by atoms with Crippen molar-refractivity contribution < 1.29 is 18.0 Å². The largest absolute Gasteiger partial charge is 0.392 e. The Bertz CT molecular complexity index is 426. The average Bonchev–Trinajstić information content (AvgIpc) is 3.17. The lowest BCUT2D eigenvalue weighted by Gasteiger charge is -2.19. The second kappa shape index (κ2) is 5.63. The van der Waals surface area contributed by atoms with Crippen LogP contribution < -0.4 is 5.32 Å². The van der Waals surface area contributed by atoms with E-state index in [1.54, 1.807) is 0 Å². The maximum absolute atomic E-state index is 12.8. The third kappa shape index (κ3) is 4.26. The SMILES string of the molecule is O=C(CC(C1CC1)C(F)(F)F)NCc1ccccc1. The lowest BCUT2D eigenvalue weighted by Crippen LogP contribution is -2.32. The van der Waals surface area contributed by atoms with Crippen LogP contribution in [0, 0.1) is 11.8 Å². The van der Waals surface area contributed by atoms with Gasteiger partial charge in [0.15, 0.2) is 0 Å². The molecule has 0 aromatic heterocycles. The molecule has 1 amide bonds. The lowest BCUT2D eigenvalue weighted by molar-refractivity contribution is -0.184. The van der Waals surface area contributed by atoms with Crippen molar-refractivity contribution in [3.63, 3.8) is 0 Å². The number of amides is 1. The molecule has 1 aliphatic rings. The molecular formula is C14H16F3NO. The highest BCUT2D eigenvalue weighted by molar-refractivity contribution is 5.76. The number of halogens is 3. The Morgan fingerprint density at radius 2 is 1.89 bits per heavy atom. The van der Waals surface area contributed by atoms with Crippen LogP contribution in [0.5, 0.6) is 0 Å². The van der Waals surface area contributed by atoms with Gasteiger partial charge in [0, 0.05) is 13.0 Å². The van der Waals surface area contributed by atoms with Crippen LogP contribution in [-0.4, -0.2) is 12.1 Å². The Morgan fingerprint density at radius 1 is 1.26 bits per heavy atom. The van der Waals surface area contributed by atoms with Gasteiger partial charge < -0.3 is 5.32 Å². The van der Waals surface area contributed by atoms with Gasteiger partial charge in [-0.1, -0.05) is 30.3 Å². The van der Waals surface area contributed by atoms with Gasteiger partial charge in [-0.05, 0) is 24.3 Å². The van der Waals surface area contributed by atoms with Crippen LogP contribution in [0.25, 0.3) is 0 Å². The minimum atomic E-state index is -4.27. The molecule has 104 valence electrons. The number of carbonyl (C=O) groups is 1. The zero-order valence-corrected chi connectivity index (χ0v) is 10.4. The summed E-state index contributed by atoms with van der Waals surface area (Å²) in [7, 11) is 0. The topological polar surface area (TPSA) is 29.1 Å². The maximum Gasteiger partial charge on any atom is 0.392 e. The van der Waals surface area contributed by atoms with Crippen molar-refractivity contribution in [2.45, 2.75) is 32.0 Å². The lowest BCUT2D eigenvalue weighted by atomic mass is 9.98. The summed E-state index contributed by atoms with van der Waals surface area (Å²) in [6, 6.07) is 9.14. The van der Waals surface area contributed by atoms with Crippen molar-refractivity contribution in [2.24, 2.45) is 11.8 Å². The van der Waals surface area contributed by atoms with Gasteiger partial charge in [0.25, 0.3) is 0 Å². The summed E-state index contributed by atoms with van der Waals surface area (Å²) in [6.07, 6.45) is -3.57. The van der Waals surface area contributed by atoms with Crippen molar-refractivity contribution in [2.75, 3.05) is 0 Å². The first kappa shape index (κ1) is 13.9. The first-order chi connectivity index (χ1) is 8.97. The van der Waals surface area contributed by atoms with E-state index >= 15 is 0 Å². The van der Waals surface area contributed by atoms with Crippen LogP contribution in [0.2, 0.25) is 0 Å². The quantitative estimate of drug-likeness (QED) is 0.874. The van der Waals surface area contributed by atoms with Crippen LogP contribution in [0.3, 0.4) is 0 Å². The number of carbonyl (C=O) groups excluding carboxylic acids is 1. The summed E-state index contributed by atoms with van der Waals surface area (Å²) < 4.78 is 38.3. The van der Waals surface area contributed by atoms with E-state index in [-0.39, 0.29) is 12.5 Å². The van der Waals surface area contributed by atoms with E-state index in [9.17, 15) is 18.0 Å². The molecule has 1 saturated carbocycles. The third-order valence-corrected chi connectivity index (χ3v) is 3.35. The first-order valence-corrected chi connectivity index (χ1v) is 6.34. The standard InChI is InChI=1S/C14H16F3NO/c15-14(16,17)12(11-6-7-11)8-13(19)18-9-10-4-2-1-3-5-10/h1-5,11-12H,6-9H2,(H,18,19). The fraction of sp³-hybridized carbons (Fsp3) is 0.500. The van der Waals surface area contributed by atoms with Gasteiger partial charge in [-0.15, -0.1) is 0 Å². The van der Waals surface area contributed by atoms with Crippen LogP contribution >= 0.6 is 0 Å². The van der Waals surface area contributed by atoms with Gasteiger partial charge in [-0.25, -0.2) is 0 Å². The fourth-order valence-corrected chi connectivity index (χ4v) is 2.12. The molecule has 2 rings (SSSR count). The van der Waals surface area contributed by atoms with Crippen LogP contribution in [0.4, 0.5) is 13.2 Å². The van der Waals surface area contributed by atoms with Crippen molar-refractivity contribution in [3.05, 3.63) is 35.9 Å². The minimum absolute atomic E-state index is 0.273. The molecule has 1 fully saturated rings. The van der Waals surface area contributed by atoms with Crippen molar-refractivity contribution in [3.8, 4) is 0 Å². The molecule has 1 aromatic rings. The molecule has 0 spiro atoms. The van der Waals surface area contributed by atoms with Gasteiger partial charge in [-0.2, -0.15) is 13.2 Å². The number of hydrogen-bond acceptors (Lipinski definition) is 1. The van der Waals surface area contributed by atoms with Crippen molar-refractivity contribution in [1.82, 2.24) is 5.32 Å². The van der Waals surface area contributed by atoms with E-state index in [1.807, 2.05) is 30.3 Å².